The van der Waals surface area contributed by atoms with Crippen molar-refractivity contribution in [1.82, 2.24) is 14.9 Å². The molecule has 1 atom stereocenters. The molecular weight excluding hydrogens is 224 g/mol. The Kier molecular flexibility index (Phi) is 3.61. The number of piperazine rings is 1. The van der Waals surface area contributed by atoms with Gasteiger partial charge in [-0.05, 0) is 13.5 Å². The van der Waals surface area contributed by atoms with Gasteiger partial charge in [0.05, 0.1) is 17.4 Å². The molecule has 0 spiro atoms. The summed E-state index contributed by atoms with van der Waals surface area (Å²) in [5.41, 5.74) is 0. The van der Waals surface area contributed by atoms with Crippen molar-refractivity contribution in [3.63, 3.8) is 0 Å². The van der Waals surface area contributed by atoms with Gasteiger partial charge >= 0.3 is 0 Å². The van der Waals surface area contributed by atoms with Crippen LogP contribution in [0.2, 0.25) is 5.02 Å². The number of aromatic nitrogens is 2. The zero-order valence-corrected chi connectivity index (χ0v) is 10.5. The number of hydrogen-bond acceptors (Lipinski definition) is 4. The third-order valence-corrected chi connectivity index (χ3v) is 3.33. The first-order chi connectivity index (χ1) is 7.70. The van der Waals surface area contributed by atoms with E-state index in [1.54, 1.807) is 12.4 Å². The topological polar surface area (TPSA) is 32.3 Å². The summed E-state index contributed by atoms with van der Waals surface area (Å²) < 4.78 is 0. The molecule has 0 aromatic carbocycles. The summed E-state index contributed by atoms with van der Waals surface area (Å²) in [5, 5.41) is 0.588. The molecule has 88 valence electrons. The lowest BCUT2D eigenvalue weighted by atomic mass is 10.1. The molecule has 2 heterocycles. The fraction of sp³-hybridized carbons (Fsp3) is 0.636. The maximum atomic E-state index is 5.78. The molecule has 2 rings (SSSR count). The fourth-order valence-corrected chi connectivity index (χ4v) is 2.13. The molecule has 16 heavy (non-hydrogen) atoms. The Labute approximate surface area is 101 Å². The Hall–Kier alpha value is -0.870. The summed E-state index contributed by atoms with van der Waals surface area (Å²) in [5.74, 6) is 0.788. The Morgan fingerprint density at radius 2 is 2.06 bits per heavy atom. The lowest BCUT2D eigenvalue weighted by molar-refractivity contribution is 0.212. The monoisotopic (exact) mass is 240 g/mol. The summed E-state index contributed by atoms with van der Waals surface area (Å²) in [6, 6.07) is 0.591. The van der Waals surface area contributed by atoms with E-state index in [1.165, 1.54) is 0 Å². The average Bonchev–Trinajstić information content (AvgIpc) is 2.31. The van der Waals surface area contributed by atoms with Crippen molar-refractivity contribution in [1.29, 1.82) is 0 Å². The highest BCUT2D eigenvalue weighted by Gasteiger charge is 2.24. The van der Waals surface area contributed by atoms with Crippen molar-refractivity contribution < 1.29 is 0 Å². The van der Waals surface area contributed by atoms with E-state index in [2.05, 4.69) is 33.7 Å². The van der Waals surface area contributed by atoms with E-state index in [1.807, 2.05) is 0 Å². The lowest BCUT2D eigenvalue weighted by Gasteiger charge is -2.39. The molecule has 5 heteroatoms. The molecule has 0 radical (unpaired) electrons. The van der Waals surface area contributed by atoms with E-state index in [4.69, 9.17) is 11.6 Å². The van der Waals surface area contributed by atoms with Gasteiger partial charge in [0, 0.05) is 25.7 Å². The molecule has 1 aliphatic rings. The zero-order valence-electron chi connectivity index (χ0n) is 9.73. The van der Waals surface area contributed by atoms with Gasteiger partial charge in [-0.25, -0.2) is 9.97 Å². The molecule has 1 aromatic rings. The second kappa shape index (κ2) is 4.97. The molecule has 0 N–H and O–H groups in total. The second-order valence-corrected chi connectivity index (χ2v) is 4.63. The van der Waals surface area contributed by atoms with Crippen LogP contribution in [0.25, 0.3) is 0 Å². The van der Waals surface area contributed by atoms with Gasteiger partial charge in [0.15, 0.2) is 0 Å². The quantitative estimate of drug-likeness (QED) is 0.787. The van der Waals surface area contributed by atoms with Crippen LogP contribution in [-0.4, -0.2) is 47.6 Å². The van der Waals surface area contributed by atoms with Gasteiger partial charge in [0.2, 0.25) is 5.95 Å². The minimum atomic E-state index is 0.588. The molecule has 0 bridgehead atoms. The summed E-state index contributed by atoms with van der Waals surface area (Å²) >= 11 is 5.78. The third kappa shape index (κ3) is 2.44. The van der Waals surface area contributed by atoms with Crippen molar-refractivity contribution in [3.8, 4) is 0 Å². The van der Waals surface area contributed by atoms with E-state index in [0.717, 1.165) is 32.0 Å². The van der Waals surface area contributed by atoms with Crippen molar-refractivity contribution in [2.75, 3.05) is 31.6 Å². The Balaban J connectivity index is 2.08. The zero-order chi connectivity index (χ0) is 11.5. The van der Waals surface area contributed by atoms with Crippen LogP contribution in [0, 0.1) is 0 Å². The SMILES string of the molecule is CC[C@@H]1CN(c2ncc(Cl)cn2)CCN1C. The number of rotatable bonds is 2. The molecular formula is C11H17ClN4. The average molecular weight is 241 g/mol. The van der Waals surface area contributed by atoms with Gasteiger partial charge < -0.3 is 4.90 Å². The molecule has 1 saturated heterocycles. The molecule has 0 aliphatic carbocycles. The van der Waals surface area contributed by atoms with Gasteiger partial charge in [0.25, 0.3) is 0 Å². The Morgan fingerprint density at radius 3 is 2.69 bits per heavy atom. The van der Waals surface area contributed by atoms with E-state index < -0.39 is 0 Å². The van der Waals surface area contributed by atoms with Crippen LogP contribution in [0.15, 0.2) is 12.4 Å². The van der Waals surface area contributed by atoms with Gasteiger partial charge in [-0.3, -0.25) is 4.90 Å². The van der Waals surface area contributed by atoms with Crippen molar-refractivity contribution >= 4 is 17.5 Å². The van der Waals surface area contributed by atoms with E-state index in [9.17, 15) is 0 Å². The van der Waals surface area contributed by atoms with Gasteiger partial charge in [-0.1, -0.05) is 18.5 Å². The first kappa shape index (κ1) is 11.6. The number of halogens is 1. The minimum absolute atomic E-state index is 0.588. The molecule has 1 aliphatic heterocycles. The van der Waals surface area contributed by atoms with Crippen LogP contribution < -0.4 is 4.90 Å². The standard InChI is InChI=1S/C11H17ClN4/c1-3-10-8-16(5-4-15(10)2)11-13-6-9(12)7-14-11/h6-7,10H,3-5,8H2,1-2H3/t10-/m1/s1. The molecule has 0 unspecified atom stereocenters. The highest BCUT2D eigenvalue weighted by molar-refractivity contribution is 6.30. The van der Waals surface area contributed by atoms with Crippen molar-refractivity contribution in [3.05, 3.63) is 17.4 Å². The molecule has 1 aromatic heterocycles. The van der Waals surface area contributed by atoms with Crippen LogP contribution in [0.3, 0.4) is 0 Å². The van der Waals surface area contributed by atoms with E-state index in [0.29, 0.717) is 11.1 Å². The number of likely N-dealkylation sites (N-methyl/N-ethyl adjacent to an activating group) is 1. The van der Waals surface area contributed by atoms with Crippen LogP contribution in [0.5, 0.6) is 0 Å². The maximum Gasteiger partial charge on any atom is 0.225 e. The van der Waals surface area contributed by atoms with Gasteiger partial charge in [0.1, 0.15) is 0 Å². The maximum absolute atomic E-state index is 5.78. The van der Waals surface area contributed by atoms with Crippen LogP contribution in [0.4, 0.5) is 5.95 Å². The molecule has 0 amide bonds. The predicted octanol–water partition coefficient (Wildman–Crippen LogP) is 1.66. The van der Waals surface area contributed by atoms with Gasteiger partial charge in [-0.2, -0.15) is 0 Å². The van der Waals surface area contributed by atoms with Crippen LogP contribution in [-0.2, 0) is 0 Å². The molecule has 0 saturated carbocycles. The summed E-state index contributed by atoms with van der Waals surface area (Å²) in [4.78, 5) is 13.1. The normalized spacial score (nSPS) is 22.4. The van der Waals surface area contributed by atoms with Crippen molar-refractivity contribution in [2.45, 2.75) is 19.4 Å². The Bertz CT molecular complexity index is 340. The van der Waals surface area contributed by atoms with Crippen LogP contribution in [0.1, 0.15) is 13.3 Å². The number of hydrogen-bond donors (Lipinski definition) is 0. The van der Waals surface area contributed by atoms with Crippen molar-refractivity contribution in [2.24, 2.45) is 0 Å². The first-order valence-corrected chi connectivity index (χ1v) is 6.01. The highest BCUT2D eigenvalue weighted by atomic mass is 35.5. The third-order valence-electron chi connectivity index (χ3n) is 3.14. The smallest absolute Gasteiger partial charge is 0.225 e. The lowest BCUT2D eigenvalue weighted by Crippen LogP contribution is -2.51. The van der Waals surface area contributed by atoms with E-state index in [-0.39, 0.29) is 0 Å². The van der Waals surface area contributed by atoms with E-state index >= 15 is 0 Å². The second-order valence-electron chi connectivity index (χ2n) is 4.19. The molecule has 1 fully saturated rings. The minimum Gasteiger partial charge on any atom is -0.338 e. The number of nitrogens with zero attached hydrogens (tertiary/aromatic N) is 4. The Morgan fingerprint density at radius 1 is 1.38 bits per heavy atom. The summed E-state index contributed by atoms with van der Waals surface area (Å²) in [6.07, 6.45) is 4.47. The fourth-order valence-electron chi connectivity index (χ4n) is 2.04. The first-order valence-electron chi connectivity index (χ1n) is 5.63. The number of anilines is 1. The summed E-state index contributed by atoms with van der Waals surface area (Å²) in [7, 11) is 2.17. The predicted molar refractivity (Wildman–Crippen MR) is 66.0 cm³/mol. The molecule has 4 nitrogen and oxygen atoms in total. The van der Waals surface area contributed by atoms with Crippen LogP contribution >= 0.6 is 11.6 Å². The van der Waals surface area contributed by atoms with Gasteiger partial charge in [-0.15, -0.1) is 0 Å². The largest absolute Gasteiger partial charge is 0.338 e. The highest BCUT2D eigenvalue weighted by Crippen LogP contribution is 2.16. The summed E-state index contributed by atoms with van der Waals surface area (Å²) in [6.45, 7) is 5.25.